The lowest BCUT2D eigenvalue weighted by molar-refractivity contribution is -0.124. The number of nitrogens with zero attached hydrogens (tertiary/aromatic N) is 1. The van der Waals surface area contributed by atoms with Crippen LogP contribution in [0.1, 0.15) is 87.5 Å². The maximum Gasteiger partial charge on any atom is 0.135 e. The number of hydrogen-bond acceptors (Lipinski definition) is 2. The Morgan fingerprint density at radius 2 is 1.57 bits per heavy atom. The zero-order valence-corrected chi connectivity index (χ0v) is 17.0. The molecule has 0 aromatic heterocycles. The number of aliphatic imine (C=N–C) groups is 1. The SMILES string of the molecule is CCCC(C)NC(CC(C)(C)CC(C)(C)CC(=O)C(C)C)=NC. The van der Waals surface area contributed by atoms with Crippen LogP contribution < -0.4 is 5.32 Å². The van der Waals surface area contributed by atoms with Crippen molar-refractivity contribution in [1.29, 1.82) is 0 Å². The third-order valence-corrected chi connectivity index (χ3v) is 4.30. The molecule has 0 spiro atoms. The van der Waals surface area contributed by atoms with Gasteiger partial charge in [0.25, 0.3) is 0 Å². The number of amidine groups is 1. The molecule has 0 bridgehead atoms. The van der Waals surface area contributed by atoms with Gasteiger partial charge in [0, 0.05) is 31.8 Å². The fourth-order valence-corrected chi connectivity index (χ4v) is 3.53. The van der Waals surface area contributed by atoms with Gasteiger partial charge in [-0.2, -0.15) is 0 Å². The van der Waals surface area contributed by atoms with Crippen LogP contribution in [-0.2, 0) is 4.79 Å². The molecule has 0 aliphatic carbocycles. The first-order chi connectivity index (χ1) is 10.4. The van der Waals surface area contributed by atoms with Gasteiger partial charge in [-0.05, 0) is 30.6 Å². The summed E-state index contributed by atoms with van der Waals surface area (Å²) in [5, 5.41) is 3.55. The smallest absolute Gasteiger partial charge is 0.135 e. The van der Waals surface area contributed by atoms with Gasteiger partial charge in [0.05, 0.1) is 5.84 Å². The van der Waals surface area contributed by atoms with Crippen molar-refractivity contribution >= 4 is 11.6 Å². The topological polar surface area (TPSA) is 41.5 Å². The minimum absolute atomic E-state index is 0.0265. The van der Waals surface area contributed by atoms with Crippen molar-refractivity contribution in [3.8, 4) is 0 Å². The van der Waals surface area contributed by atoms with Gasteiger partial charge in [-0.25, -0.2) is 0 Å². The molecule has 0 saturated carbocycles. The van der Waals surface area contributed by atoms with Crippen molar-refractivity contribution in [3.63, 3.8) is 0 Å². The van der Waals surface area contributed by atoms with E-state index in [4.69, 9.17) is 0 Å². The summed E-state index contributed by atoms with van der Waals surface area (Å²) in [4.78, 5) is 16.6. The third kappa shape index (κ3) is 9.78. The first-order valence-electron chi connectivity index (χ1n) is 9.17. The molecule has 0 aromatic rings. The first kappa shape index (κ1) is 22.1. The number of carbonyl (C=O) groups is 1. The zero-order valence-electron chi connectivity index (χ0n) is 17.0. The first-order valence-corrected chi connectivity index (χ1v) is 9.17. The summed E-state index contributed by atoms with van der Waals surface area (Å²) in [6.45, 7) is 17.4. The number of Topliss-reactive ketones (excluding diaryl/α,β-unsaturated/α-hetero) is 1. The van der Waals surface area contributed by atoms with Crippen molar-refractivity contribution in [2.24, 2.45) is 21.7 Å². The predicted molar refractivity (Wildman–Crippen MR) is 102 cm³/mol. The Morgan fingerprint density at radius 3 is 2.00 bits per heavy atom. The van der Waals surface area contributed by atoms with Gasteiger partial charge in [-0.15, -0.1) is 0 Å². The van der Waals surface area contributed by atoms with Crippen LogP contribution in [0, 0.1) is 16.7 Å². The highest BCUT2D eigenvalue weighted by Gasteiger charge is 2.32. The summed E-state index contributed by atoms with van der Waals surface area (Å²) in [6, 6.07) is 0.463. The van der Waals surface area contributed by atoms with Gasteiger partial charge in [0.2, 0.25) is 0 Å². The van der Waals surface area contributed by atoms with E-state index in [0.717, 1.165) is 25.1 Å². The number of hydrogen-bond donors (Lipinski definition) is 1. The number of carbonyl (C=O) groups excluding carboxylic acids is 1. The molecule has 0 aliphatic rings. The molecule has 0 amide bonds. The Kier molecular flexibility index (Phi) is 9.09. The van der Waals surface area contributed by atoms with Crippen molar-refractivity contribution in [1.82, 2.24) is 5.32 Å². The van der Waals surface area contributed by atoms with Gasteiger partial charge in [-0.3, -0.25) is 9.79 Å². The fourth-order valence-electron chi connectivity index (χ4n) is 3.53. The summed E-state index contributed by atoms with van der Waals surface area (Å²) >= 11 is 0. The second-order valence-electron chi connectivity index (χ2n) is 8.98. The molecular weight excluding hydrogens is 284 g/mol. The monoisotopic (exact) mass is 324 g/mol. The van der Waals surface area contributed by atoms with Gasteiger partial charge in [-0.1, -0.05) is 54.9 Å². The molecular formula is C20H40N2O. The number of rotatable bonds is 10. The Hall–Kier alpha value is -0.860. The normalized spacial score (nSPS) is 15.0. The maximum atomic E-state index is 12.1. The molecule has 1 atom stereocenters. The average Bonchev–Trinajstić information content (AvgIpc) is 2.35. The van der Waals surface area contributed by atoms with Crippen molar-refractivity contribution in [2.75, 3.05) is 7.05 Å². The van der Waals surface area contributed by atoms with E-state index in [2.05, 4.69) is 51.9 Å². The van der Waals surface area contributed by atoms with E-state index in [-0.39, 0.29) is 16.7 Å². The Labute approximate surface area is 144 Å². The van der Waals surface area contributed by atoms with Crippen LogP contribution in [0.15, 0.2) is 4.99 Å². The molecule has 0 radical (unpaired) electrons. The summed E-state index contributed by atoms with van der Waals surface area (Å²) in [5.41, 5.74) is 0.146. The number of nitrogens with one attached hydrogen (secondary N) is 1. The largest absolute Gasteiger partial charge is 0.371 e. The lowest BCUT2D eigenvalue weighted by atomic mass is 9.70. The fraction of sp³-hybridized carbons (Fsp3) is 0.900. The van der Waals surface area contributed by atoms with Crippen LogP contribution in [0.25, 0.3) is 0 Å². The van der Waals surface area contributed by atoms with E-state index in [0.29, 0.717) is 18.2 Å². The molecule has 0 aromatic carbocycles. The molecule has 23 heavy (non-hydrogen) atoms. The van der Waals surface area contributed by atoms with Gasteiger partial charge in [0.15, 0.2) is 0 Å². The minimum Gasteiger partial charge on any atom is -0.371 e. The highest BCUT2D eigenvalue weighted by molar-refractivity contribution is 5.83. The van der Waals surface area contributed by atoms with E-state index in [1.165, 1.54) is 6.42 Å². The molecule has 0 fully saturated rings. The van der Waals surface area contributed by atoms with Crippen LogP contribution in [0.5, 0.6) is 0 Å². The summed E-state index contributed by atoms with van der Waals surface area (Å²) < 4.78 is 0. The van der Waals surface area contributed by atoms with Crippen LogP contribution >= 0.6 is 0 Å². The molecule has 0 rings (SSSR count). The van der Waals surface area contributed by atoms with E-state index in [1.807, 2.05) is 20.9 Å². The predicted octanol–water partition coefficient (Wildman–Crippen LogP) is 5.24. The standard InChI is InChI=1S/C20H40N2O/c1-10-11-16(4)22-18(21-9)13-20(7,8)14-19(5,6)12-17(23)15(2)3/h15-16H,10-14H2,1-9H3,(H,21,22). The molecule has 3 nitrogen and oxygen atoms in total. The van der Waals surface area contributed by atoms with E-state index in [9.17, 15) is 4.79 Å². The van der Waals surface area contributed by atoms with E-state index >= 15 is 0 Å². The van der Waals surface area contributed by atoms with Crippen LogP contribution in [0.2, 0.25) is 0 Å². The molecule has 136 valence electrons. The zero-order chi connectivity index (χ0) is 18.3. The minimum atomic E-state index is 0.0265. The third-order valence-electron chi connectivity index (χ3n) is 4.30. The lowest BCUT2D eigenvalue weighted by Gasteiger charge is -2.36. The van der Waals surface area contributed by atoms with Gasteiger partial charge < -0.3 is 5.32 Å². The highest BCUT2D eigenvalue weighted by atomic mass is 16.1. The molecule has 0 heterocycles. The van der Waals surface area contributed by atoms with Crippen LogP contribution in [-0.4, -0.2) is 24.7 Å². The summed E-state index contributed by atoms with van der Waals surface area (Å²) in [5.74, 6) is 1.58. The summed E-state index contributed by atoms with van der Waals surface area (Å²) in [6.07, 6.45) is 4.94. The quantitative estimate of drug-likeness (QED) is 0.441. The Bertz CT molecular complexity index is 394. The van der Waals surface area contributed by atoms with Crippen LogP contribution in [0.3, 0.4) is 0 Å². The second kappa shape index (κ2) is 9.44. The van der Waals surface area contributed by atoms with E-state index in [1.54, 1.807) is 0 Å². The van der Waals surface area contributed by atoms with Gasteiger partial charge in [0.1, 0.15) is 5.78 Å². The Balaban J connectivity index is 4.74. The molecule has 3 heteroatoms. The summed E-state index contributed by atoms with van der Waals surface area (Å²) in [7, 11) is 1.87. The molecule has 0 aliphatic heterocycles. The lowest BCUT2D eigenvalue weighted by Crippen LogP contribution is -2.37. The van der Waals surface area contributed by atoms with Crippen molar-refractivity contribution in [3.05, 3.63) is 0 Å². The molecule has 1 unspecified atom stereocenters. The van der Waals surface area contributed by atoms with Crippen molar-refractivity contribution in [2.45, 2.75) is 93.5 Å². The highest BCUT2D eigenvalue weighted by Crippen LogP contribution is 2.39. The number of ketones is 1. The molecule has 1 N–H and O–H groups in total. The maximum absolute atomic E-state index is 12.1. The van der Waals surface area contributed by atoms with Crippen molar-refractivity contribution < 1.29 is 4.79 Å². The van der Waals surface area contributed by atoms with E-state index < -0.39 is 0 Å². The van der Waals surface area contributed by atoms with Crippen LogP contribution in [0.4, 0.5) is 0 Å². The van der Waals surface area contributed by atoms with Gasteiger partial charge >= 0.3 is 0 Å². The average molecular weight is 325 g/mol. The second-order valence-corrected chi connectivity index (χ2v) is 8.98. The molecule has 0 saturated heterocycles. The Morgan fingerprint density at radius 1 is 1.04 bits per heavy atom.